The number of nitrogens with one attached hydrogen (secondary N) is 1. The minimum atomic E-state index is -3.59. The molecule has 0 saturated carbocycles. The number of sulfone groups is 1. The molecule has 1 atom stereocenters. The van der Waals surface area contributed by atoms with E-state index in [4.69, 9.17) is 0 Å². The summed E-state index contributed by atoms with van der Waals surface area (Å²) >= 11 is 1.17. The molecule has 2 aromatic rings. The van der Waals surface area contributed by atoms with Gasteiger partial charge in [0.25, 0.3) is 0 Å². The van der Waals surface area contributed by atoms with Gasteiger partial charge in [-0.2, -0.15) is 0 Å². The molecule has 124 valence electrons. The number of thiophene rings is 1. The van der Waals surface area contributed by atoms with Gasteiger partial charge in [-0.25, -0.2) is 8.42 Å². The van der Waals surface area contributed by atoms with Crippen LogP contribution < -0.4 is 5.32 Å². The third-order valence-corrected chi connectivity index (χ3v) is 6.87. The number of carbonyl (C=O) groups is 1. The zero-order valence-electron chi connectivity index (χ0n) is 13.3. The second kappa shape index (κ2) is 6.80. The molecule has 0 aromatic carbocycles. The quantitative estimate of drug-likeness (QED) is 0.898. The van der Waals surface area contributed by atoms with Gasteiger partial charge < -0.3 is 5.32 Å². The fraction of sp³-hybridized carbons (Fsp3) is 0.375. The zero-order chi connectivity index (χ0) is 17.1. The number of rotatable bonds is 5. The van der Waals surface area contributed by atoms with Gasteiger partial charge in [-0.1, -0.05) is 32.9 Å². The molecule has 7 heteroatoms. The highest BCUT2D eigenvalue weighted by atomic mass is 32.2. The van der Waals surface area contributed by atoms with Crippen molar-refractivity contribution in [1.29, 1.82) is 0 Å². The van der Waals surface area contributed by atoms with Crippen LogP contribution in [0, 0.1) is 5.41 Å². The van der Waals surface area contributed by atoms with Crippen molar-refractivity contribution in [2.24, 2.45) is 5.41 Å². The summed E-state index contributed by atoms with van der Waals surface area (Å²) in [6, 6.07) is 6.68. The van der Waals surface area contributed by atoms with E-state index in [0.29, 0.717) is 5.56 Å². The molecule has 1 amide bonds. The molecule has 2 aromatic heterocycles. The van der Waals surface area contributed by atoms with Crippen molar-refractivity contribution in [3.63, 3.8) is 0 Å². The van der Waals surface area contributed by atoms with Gasteiger partial charge in [-0.3, -0.25) is 9.78 Å². The summed E-state index contributed by atoms with van der Waals surface area (Å²) in [4.78, 5) is 16.1. The first kappa shape index (κ1) is 17.6. The molecule has 0 aliphatic rings. The van der Waals surface area contributed by atoms with Crippen molar-refractivity contribution in [2.45, 2.75) is 30.2 Å². The number of pyridine rings is 1. The number of carbonyl (C=O) groups excluding carboxylic acids is 1. The predicted molar refractivity (Wildman–Crippen MR) is 90.9 cm³/mol. The van der Waals surface area contributed by atoms with E-state index in [9.17, 15) is 13.2 Å². The van der Waals surface area contributed by atoms with E-state index in [1.54, 1.807) is 56.6 Å². The fourth-order valence-electron chi connectivity index (χ4n) is 1.99. The van der Waals surface area contributed by atoms with E-state index >= 15 is 0 Å². The highest BCUT2D eigenvalue weighted by Gasteiger charge is 2.32. The fourth-order valence-corrected chi connectivity index (χ4v) is 4.84. The first-order valence-corrected chi connectivity index (χ1v) is 9.61. The highest BCUT2D eigenvalue weighted by Crippen LogP contribution is 2.31. The van der Waals surface area contributed by atoms with Gasteiger partial charge in [-0.05, 0) is 23.1 Å². The Balaban J connectivity index is 2.33. The third-order valence-electron chi connectivity index (χ3n) is 3.34. The van der Waals surface area contributed by atoms with Crippen LogP contribution in [0.25, 0.3) is 0 Å². The van der Waals surface area contributed by atoms with Crippen LogP contribution in [0.2, 0.25) is 0 Å². The molecule has 23 heavy (non-hydrogen) atoms. The number of amides is 1. The minimum Gasteiger partial charge on any atom is -0.354 e. The molecular formula is C16H20N2O3S2. The summed E-state index contributed by atoms with van der Waals surface area (Å²) < 4.78 is 26.1. The monoisotopic (exact) mass is 352 g/mol. The zero-order valence-corrected chi connectivity index (χ0v) is 14.9. The molecule has 2 heterocycles. The maximum Gasteiger partial charge on any atom is 0.225 e. The van der Waals surface area contributed by atoms with E-state index in [1.165, 1.54) is 17.5 Å². The SMILES string of the molecule is CC(C)(C)C(=O)NC[C@@H](c1cccnc1)S(=O)(=O)c1cccs1. The minimum absolute atomic E-state index is 0.0159. The smallest absolute Gasteiger partial charge is 0.225 e. The standard InChI is InChI=1S/C16H20N2O3S2/c1-16(2,3)15(19)18-11-13(12-6-4-8-17-10-12)23(20,21)14-7-5-9-22-14/h4-10,13H,11H2,1-3H3,(H,18,19)/t13-/m0/s1. The summed E-state index contributed by atoms with van der Waals surface area (Å²) in [5.74, 6) is -0.187. The van der Waals surface area contributed by atoms with Crippen molar-refractivity contribution in [2.75, 3.05) is 6.54 Å². The summed E-state index contributed by atoms with van der Waals surface area (Å²) in [6.45, 7) is 5.38. The normalized spacial score (nSPS) is 13.5. The van der Waals surface area contributed by atoms with Gasteiger partial charge in [-0.15, -0.1) is 11.3 Å². The second-order valence-corrected chi connectivity index (χ2v) is 9.52. The summed E-state index contributed by atoms with van der Waals surface area (Å²) in [7, 11) is -3.59. The number of nitrogens with zero attached hydrogens (tertiary/aromatic N) is 1. The van der Waals surface area contributed by atoms with Crippen molar-refractivity contribution in [3.05, 3.63) is 47.6 Å². The van der Waals surface area contributed by atoms with E-state index in [-0.39, 0.29) is 16.7 Å². The van der Waals surface area contributed by atoms with Gasteiger partial charge in [0.05, 0.1) is 0 Å². The summed E-state index contributed by atoms with van der Waals surface area (Å²) in [5.41, 5.74) is -0.0123. The highest BCUT2D eigenvalue weighted by molar-refractivity contribution is 7.93. The van der Waals surface area contributed by atoms with Gasteiger partial charge in [0.15, 0.2) is 9.84 Å². The van der Waals surface area contributed by atoms with E-state index in [0.717, 1.165) is 0 Å². The van der Waals surface area contributed by atoms with Gasteiger partial charge in [0, 0.05) is 24.4 Å². The summed E-state index contributed by atoms with van der Waals surface area (Å²) in [6.07, 6.45) is 3.12. The first-order chi connectivity index (χ1) is 10.7. The van der Waals surface area contributed by atoms with E-state index in [1.807, 2.05) is 0 Å². The van der Waals surface area contributed by atoms with Crippen LogP contribution in [0.4, 0.5) is 0 Å². The molecule has 0 radical (unpaired) electrons. The average molecular weight is 352 g/mol. The Bertz CT molecular complexity index is 748. The topological polar surface area (TPSA) is 76.1 Å². The number of hydrogen-bond acceptors (Lipinski definition) is 5. The Labute approximate surface area is 140 Å². The molecule has 0 bridgehead atoms. The van der Waals surface area contributed by atoms with Crippen molar-refractivity contribution in [1.82, 2.24) is 10.3 Å². The lowest BCUT2D eigenvalue weighted by Crippen LogP contribution is -2.38. The van der Waals surface area contributed by atoms with Crippen LogP contribution in [-0.4, -0.2) is 25.9 Å². The van der Waals surface area contributed by atoms with Gasteiger partial charge >= 0.3 is 0 Å². The molecule has 1 N–H and O–H groups in total. The molecular weight excluding hydrogens is 332 g/mol. The van der Waals surface area contributed by atoms with Crippen molar-refractivity contribution >= 4 is 27.1 Å². The molecule has 0 fully saturated rings. The van der Waals surface area contributed by atoms with E-state index < -0.39 is 20.5 Å². The number of aromatic nitrogens is 1. The lowest BCUT2D eigenvalue weighted by Gasteiger charge is -2.22. The maximum absolute atomic E-state index is 12.9. The molecule has 5 nitrogen and oxygen atoms in total. The average Bonchev–Trinajstić information content (AvgIpc) is 3.02. The van der Waals surface area contributed by atoms with Crippen molar-refractivity contribution in [3.8, 4) is 0 Å². The van der Waals surface area contributed by atoms with E-state index in [2.05, 4.69) is 10.3 Å². The Morgan fingerprint density at radius 3 is 2.57 bits per heavy atom. The largest absolute Gasteiger partial charge is 0.354 e. The Morgan fingerprint density at radius 1 is 1.30 bits per heavy atom. The Morgan fingerprint density at radius 2 is 2.04 bits per heavy atom. The molecule has 2 rings (SSSR count). The second-order valence-electron chi connectivity index (χ2n) is 6.21. The van der Waals surface area contributed by atoms with Crippen LogP contribution in [0.1, 0.15) is 31.6 Å². The molecule has 0 saturated heterocycles. The maximum atomic E-state index is 12.9. The lowest BCUT2D eigenvalue weighted by atomic mass is 9.95. The molecule has 0 aliphatic heterocycles. The first-order valence-electron chi connectivity index (χ1n) is 7.18. The van der Waals surface area contributed by atoms with Crippen molar-refractivity contribution < 1.29 is 13.2 Å². The Kier molecular flexibility index (Phi) is 5.21. The summed E-state index contributed by atoms with van der Waals surface area (Å²) in [5, 5.41) is 3.61. The van der Waals surface area contributed by atoms with Gasteiger partial charge in [0.1, 0.15) is 9.46 Å². The molecule has 0 unspecified atom stereocenters. The predicted octanol–water partition coefficient (Wildman–Crippen LogP) is 2.82. The molecule has 0 aliphatic carbocycles. The Hall–Kier alpha value is -1.73. The molecule has 0 spiro atoms. The number of hydrogen-bond donors (Lipinski definition) is 1. The lowest BCUT2D eigenvalue weighted by molar-refractivity contribution is -0.128. The van der Waals surface area contributed by atoms with Crippen LogP contribution >= 0.6 is 11.3 Å². The van der Waals surface area contributed by atoms with Crippen LogP contribution in [0.5, 0.6) is 0 Å². The van der Waals surface area contributed by atoms with Crippen LogP contribution in [0.3, 0.4) is 0 Å². The third kappa shape index (κ3) is 4.17. The van der Waals surface area contributed by atoms with Gasteiger partial charge in [0.2, 0.25) is 5.91 Å². The van der Waals surface area contributed by atoms with Crippen LogP contribution in [0.15, 0.2) is 46.2 Å². The van der Waals surface area contributed by atoms with Crippen LogP contribution in [-0.2, 0) is 14.6 Å².